The average Bonchev–Trinajstić information content (AvgIpc) is 3.03. The quantitative estimate of drug-likeness (QED) is 0.677. The van der Waals surface area contributed by atoms with E-state index in [-0.39, 0.29) is 17.2 Å². The van der Waals surface area contributed by atoms with E-state index in [1.165, 1.54) is 30.4 Å². The van der Waals surface area contributed by atoms with E-state index in [1.807, 2.05) is 24.1 Å². The Morgan fingerprint density at radius 3 is 2.59 bits per heavy atom. The summed E-state index contributed by atoms with van der Waals surface area (Å²) >= 11 is 0. The van der Waals surface area contributed by atoms with Gasteiger partial charge < -0.3 is 15.1 Å². The predicted molar refractivity (Wildman–Crippen MR) is 127 cm³/mol. The molecule has 5 nitrogen and oxygen atoms in total. The summed E-state index contributed by atoms with van der Waals surface area (Å²) in [5.74, 6) is -0.913. The van der Waals surface area contributed by atoms with Gasteiger partial charge in [0.2, 0.25) is 5.91 Å². The molecule has 0 spiro atoms. The van der Waals surface area contributed by atoms with Gasteiger partial charge in [-0.05, 0) is 56.1 Å². The molecule has 1 aromatic carbocycles. The van der Waals surface area contributed by atoms with Crippen molar-refractivity contribution < 1.29 is 18.0 Å². The molecule has 34 heavy (non-hydrogen) atoms. The van der Waals surface area contributed by atoms with Crippen molar-refractivity contribution in [3.63, 3.8) is 0 Å². The summed E-state index contributed by atoms with van der Waals surface area (Å²) in [5.41, 5.74) is 2.93. The summed E-state index contributed by atoms with van der Waals surface area (Å²) in [4.78, 5) is 19.9. The molecule has 184 valence electrons. The molecule has 0 bridgehead atoms. The van der Waals surface area contributed by atoms with Crippen LogP contribution in [0.4, 0.5) is 18.9 Å². The summed E-state index contributed by atoms with van der Waals surface area (Å²) in [5, 5.41) is 3.46. The SMILES string of the molecule is CN1CCCC(C(=O)N(C)[C@@H](c2ccc(NC3Cc4ccccc4C3(C)C)cn2)C(F)(F)F)C1. The number of aromatic nitrogens is 1. The topological polar surface area (TPSA) is 48.5 Å². The maximum Gasteiger partial charge on any atom is 0.414 e. The zero-order chi connectivity index (χ0) is 24.7. The van der Waals surface area contributed by atoms with Crippen LogP contribution >= 0.6 is 0 Å². The molecule has 2 aliphatic rings. The number of carbonyl (C=O) groups is 1. The Bertz CT molecular complexity index is 1020. The monoisotopic (exact) mass is 474 g/mol. The summed E-state index contributed by atoms with van der Waals surface area (Å²) in [6.07, 6.45) is -0.934. The summed E-state index contributed by atoms with van der Waals surface area (Å²) in [7, 11) is 3.12. The van der Waals surface area contributed by atoms with Crippen LogP contribution in [0, 0.1) is 5.92 Å². The van der Waals surface area contributed by atoms with Crippen LogP contribution in [-0.2, 0) is 16.6 Å². The summed E-state index contributed by atoms with van der Waals surface area (Å²) in [6.45, 7) is 5.67. The molecule has 2 heterocycles. The van der Waals surface area contributed by atoms with E-state index < -0.39 is 24.0 Å². The largest absolute Gasteiger partial charge is 0.414 e. The number of pyridine rings is 1. The van der Waals surface area contributed by atoms with Crippen LogP contribution in [0.1, 0.15) is 49.6 Å². The van der Waals surface area contributed by atoms with Gasteiger partial charge in [0.25, 0.3) is 0 Å². The molecule has 0 saturated carbocycles. The van der Waals surface area contributed by atoms with Gasteiger partial charge in [-0.3, -0.25) is 9.78 Å². The molecule has 1 aliphatic heterocycles. The number of alkyl halides is 3. The van der Waals surface area contributed by atoms with Gasteiger partial charge in [-0.15, -0.1) is 0 Å². The highest BCUT2D eigenvalue weighted by Crippen LogP contribution is 2.41. The lowest BCUT2D eigenvalue weighted by Crippen LogP contribution is -2.46. The number of nitrogens with one attached hydrogen (secondary N) is 1. The van der Waals surface area contributed by atoms with Crippen molar-refractivity contribution in [1.29, 1.82) is 0 Å². The lowest BCUT2D eigenvalue weighted by molar-refractivity contribution is -0.191. The lowest BCUT2D eigenvalue weighted by atomic mass is 9.83. The van der Waals surface area contributed by atoms with Crippen LogP contribution in [0.25, 0.3) is 0 Å². The Morgan fingerprint density at radius 2 is 1.97 bits per heavy atom. The first-order valence-electron chi connectivity index (χ1n) is 11.8. The minimum absolute atomic E-state index is 0.100. The Kier molecular flexibility index (Phi) is 6.64. The van der Waals surface area contributed by atoms with Crippen LogP contribution < -0.4 is 5.32 Å². The van der Waals surface area contributed by atoms with Gasteiger partial charge in [0.1, 0.15) is 0 Å². The Balaban J connectivity index is 1.51. The van der Waals surface area contributed by atoms with Gasteiger partial charge in [-0.25, -0.2) is 0 Å². The number of fused-ring (bicyclic) bond motifs is 1. The van der Waals surface area contributed by atoms with Crippen molar-refractivity contribution in [2.24, 2.45) is 5.92 Å². The highest BCUT2D eigenvalue weighted by molar-refractivity contribution is 5.79. The van der Waals surface area contributed by atoms with E-state index in [9.17, 15) is 18.0 Å². The number of hydrogen-bond acceptors (Lipinski definition) is 4. The molecule has 1 N–H and O–H groups in total. The molecule has 4 rings (SSSR count). The standard InChI is InChI=1S/C26H33F3N4O/c1-25(2)20-10-6-5-8-17(20)14-22(25)31-19-11-12-21(30-15-19)23(26(27,28)29)33(4)24(34)18-9-7-13-32(3)16-18/h5-6,8,10-12,15,18,22-23,31H,7,9,13-14,16H2,1-4H3/t18?,22?,23-/m0/s1. The van der Waals surface area contributed by atoms with Gasteiger partial charge in [0.05, 0.1) is 23.5 Å². The molecule has 1 amide bonds. The first-order chi connectivity index (χ1) is 16.0. The first-order valence-corrected chi connectivity index (χ1v) is 11.8. The number of hydrogen-bond donors (Lipinski definition) is 1. The number of rotatable bonds is 5. The highest BCUT2D eigenvalue weighted by Gasteiger charge is 2.47. The van der Waals surface area contributed by atoms with Gasteiger partial charge in [-0.2, -0.15) is 13.2 Å². The maximum atomic E-state index is 14.1. The second kappa shape index (κ2) is 9.21. The van der Waals surface area contributed by atoms with Gasteiger partial charge in [0.15, 0.2) is 6.04 Å². The molecule has 1 aromatic heterocycles. The normalized spacial score (nSPS) is 23.3. The first kappa shape index (κ1) is 24.5. The molecule has 2 aromatic rings. The Morgan fingerprint density at radius 1 is 1.24 bits per heavy atom. The van der Waals surface area contributed by atoms with Gasteiger partial charge in [-0.1, -0.05) is 38.1 Å². The molecule has 3 atom stereocenters. The van der Waals surface area contributed by atoms with Crippen LogP contribution in [0.3, 0.4) is 0 Å². The number of likely N-dealkylation sites (tertiary alicyclic amines) is 1. The Hall–Kier alpha value is -2.61. The highest BCUT2D eigenvalue weighted by atomic mass is 19.4. The van der Waals surface area contributed by atoms with E-state index in [4.69, 9.17) is 0 Å². The molecule has 8 heteroatoms. The minimum Gasteiger partial charge on any atom is -0.380 e. The molecule has 2 unspecified atom stereocenters. The smallest absolute Gasteiger partial charge is 0.380 e. The number of anilines is 1. The minimum atomic E-state index is -4.62. The number of halogens is 3. The molecule has 1 saturated heterocycles. The van der Waals surface area contributed by atoms with E-state index in [0.717, 1.165) is 24.3 Å². The molecule has 0 radical (unpaired) electrons. The third-order valence-electron chi connectivity index (χ3n) is 7.43. The number of carbonyl (C=O) groups excluding carboxylic acids is 1. The fourth-order valence-corrected chi connectivity index (χ4v) is 5.44. The van der Waals surface area contributed by atoms with Crippen LogP contribution in [0.15, 0.2) is 42.6 Å². The van der Waals surface area contributed by atoms with E-state index in [0.29, 0.717) is 18.7 Å². The van der Waals surface area contributed by atoms with Crippen molar-refractivity contribution >= 4 is 11.6 Å². The van der Waals surface area contributed by atoms with E-state index in [1.54, 1.807) is 6.07 Å². The van der Waals surface area contributed by atoms with Crippen molar-refractivity contribution in [3.8, 4) is 0 Å². The van der Waals surface area contributed by atoms with Crippen LogP contribution in [0.5, 0.6) is 0 Å². The zero-order valence-electron chi connectivity index (χ0n) is 20.2. The van der Waals surface area contributed by atoms with Crippen molar-refractivity contribution in [2.45, 2.75) is 56.8 Å². The molecular formula is C26H33F3N4O. The predicted octanol–water partition coefficient (Wildman–Crippen LogP) is 4.80. The van der Waals surface area contributed by atoms with Crippen LogP contribution in [-0.4, -0.2) is 60.1 Å². The van der Waals surface area contributed by atoms with E-state index in [2.05, 4.69) is 36.3 Å². The molecule has 1 aliphatic carbocycles. The fraction of sp³-hybridized carbons (Fsp3) is 0.538. The molecule has 1 fully saturated rings. The molecular weight excluding hydrogens is 441 g/mol. The Labute approximate surface area is 199 Å². The third-order valence-corrected chi connectivity index (χ3v) is 7.43. The lowest BCUT2D eigenvalue weighted by Gasteiger charge is -2.35. The van der Waals surface area contributed by atoms with Gasteiger partial charge in [0, 0.05) is 25.0 Å². The number of amides is 1. The third kappa shape index (κ3) is 4.78. The summed E-state index contributed by atoms with van der Waals surface area (Å²) < 4.78 is 42.2. The van der Waals surface area contributed by atoms with Gasteiger partial charge >= 0.3 is 6.18 Å². The second-order valence-electron chi connectivity index (χ2n) is 10.2. The average molecular weight is 475 g/mol. The number of benzene rings is 1. The number of piperidine rings is 1. The maximum absolute atomic E-state index is 14.1. The van der Waals surface area contributed by atoms with E-state index >= 15 is 0 Å². The van der Waals surface area contributed by atoms with Crippen LogP contribution in [0.2, 0.25) is 0 Å². The fourth-order valence-electron chi connectivity index (χ4n) is 5.44. The van der Waals surface area contributed by atoms with Crippen molar-refractivity contribution in [3.05, 3.63) is 59.4 Å². The second-order valence-corrected chi connectivity index (χ2v) is 10.2. The summed E-state index contributed by atoms with van der Waals surface area (Å²) in [6, 6.07) is 9.33. The van der Waals surface area contributed by atoms with Crippen molar-refractivity contribution in [2.75, 3.05) is 32.5 Å². The number of nitrogens with zero attached hydrogens (tertiary/aromatic N) is 3. The zero-order valence-corrected chi connectivity index (χ0v) is 20.2. The van der Waals surface area contributed by atoms with Crippen molar-refractivity contribution in [1.82, 2.24) is 14.8 Å².